The zero-order chi connectivity index (χ0) is 25.4. The van der Waals surface area contributed by atoms with Gasteiger partial charge in [0.1, 0.15) is 11.6 Å². The molecule has 0 heterocycles. The Labute approximate surface area is 204 Å². The van der Waals surface area contributed by atoms with Crippen LogP contribution in [0.4, 0.5) is 8.78 Å². The van der Waals surface area contributed by atoms with Gasteiger partial charge in [-0.3, -0.25) is 9.59 Å². The number of hydrogen-bond donors (Lipinski definition) is 4. The molecule has 0 spiro atoms. The molecule has 1 aliphatic rings. The monoisotopic (exact) mass is 488 g/mol. The summed E-state index contributed by atoms with van der Waals surface area (Å²) in [5, 5.41) is 26.3. The van der Waals surface area contributed by atoms with Gasteiger partial charge in [-0.15, -0.1) is 0 Å². The lowest BCUT2D eigenvalue weighted by Gasteiger charge is -2.40. The van der Waals surface area contributed by atoms with Gasteiger partial charge in [-0.05, 0) is 54.5 Å². The van der Waals surface area contributed by atoms with Crippen LogP contribution < -0.4 is 10.6 Å². The Kier molecular flexibility index (Phi) is 9.34. The molecule has 190 valence electrons. The highest BCUT2D eigenvalue weighted by Gasteiger charge is 2.35. The summed E-state index contributed by atoms with van der Waals surface area (Å²) in [5.41, 5.74) is 1.96. The number of carboxylic acids is 1. The van der Waals surface area contributed by atoms with Crippen LogP contribution in [0, 0.1) is 11.6 Å². The first kappa shape index (κ1) is 26.8. The lowest BCUT2D eigenvalue weighted by molar-refractivity contribution is -0.137. The molecule has 8 heteroatoms. The Hall–Kier alpha value is -2.84. The second-order valence-corrected chi connectivity index (χ2v) is 9.47. The number of benzene rings is 2. The van der Waals surface area contributed by atoms with E-state index in [-0.39, 0.29) is 30.8 Å². The van der Waals surface area contributed by atoms with Gasteiger partial charge in [0.05, 0.1) is 12.1 Å². The van der Waals surface area contributed by atoms with Crippen molar-refractivity contribution in [1.82, 2.24) is 10.6 Å². The van der Waals surface area contributed by atoms with Crippen LogP contribution >= 0.6 is 0 Å². The van der Waals surface area contributed by atoms with Crippen LogP contribution in [0.2, 0.25) is 0 Å². The molecule has 6 nitrogen and oxygen atoms in total. The number of aliphatic hydroxyl groups excluding tert-OH is 1. The maximum absolute atomic E-state index is 13.7. The topological polar surface area (TPSA) is 98.7 Å². The van der Waals surface area contributed by atoms with Gasteiger partial charge in [-0.2, -0.15) is 0 Å². The Morgan fingerprint density at radius 1 is 1.03 bits per heavy atom. The number of carbonyl (C=O) groups is 2. The minimum Gasteiger partial charge on any atom is -0.481 e. The smallest absolute Gasteiger partial charge is 0.303 e. The Morgan fingerprint density at radius 3 is 2.34 bits per heavy atom. The average molecular weight is 489 g/mol. The van der Waals surface area contributed by atoms with Crippen LogP contribution in [-0.2, 0) is 28.0 Å². The summed E-state index contributed by atoms with van der Waals surface area (Å²) in [7, 11) is 0. The average Bonchev–Trinajstić information content (AvgIpc) is 2.80. The molecule has 0 saturated heterocycles. The van der Waals surface area contributed by atoms with E-state index in [1.165, 1.54) is 19.1 Å². The number of halogens is 2. The number of amides is 1. The molecule has 1 fully saturated rings. The third-order valence-corrected chi connectivity index (χ3v) is 6.69. The molecule has 0 aliphatic heterocycles. The van der Waals surface area contributed by atoms with Gasteiger partial charge in [0, 0.05) is 31.5 Å². The van der Waals surface area contributed by atoms with Crippen molar-refractivity contribution in [3.05, 3.63) is 70.8 Å². The number of rotatable bonds is 11. The summed E-state index contributed by atoms with van der Waals surface area (Å²) in [6.07, 6.45) is 4.45. The van der Waals surface area contributed by atoms with Crippen molar-refractivity contribution in [3.63, 3.8) is 0 Å². The van der Waals surface area contributed by atoms with E-state index < -0.39 is 29.7 Å². The van der Waals surface area contributed by atoms with E-state index in [0.29, 0.717) is 12.0 Å². The minimum absolute atomic E-state index is 0.0572. The fourth-order valence-electron chi connectivity index (χ4n) is 4.97. The summed E-state index contributed by atoms with van der Waals surface area (Å²) < 4.78 is 27.3. The lowest BCUT2D eigenvalue weighted by atomic mass is 9.76. The van der Waals surface area contributed by atoms with Gasteiger partial charge >= 0.3 is 5.97 Å². The third-order valence-electron chi connectivity index (χ3n) is 6.69. The minimum atomic E-state index is -1.00. The zero-order valence-corrected chi connectivity index (χ0v) is 20.0. The number of aryl methyl sites for hydroxylation is 1. The quantitative estimate of drug-likeness (QED) is 0.385. The molecule has 4 N–H and O–H groups in total. The number of nitrogens with one attached hydrogen (secondary N) is 2. The van der Waals surface area contributed by atoms with Crippen molar-refractivity contribution < 1.29 is 28.6 Å². The highest BCUT2D eigenvalue weighted by Crippen LogP contribution is 2.37. The predicted molar refractivity (Wildman–Crippen MR) is 129 cm³/mol. The van der Waals surface area contributed by atoms with Gasteiger partial charge in [0.15, 0.2) is 0 Å². The Morgan fingerprint density at radius 2 is 1.71 bits per heavy atom. The van der Waals surface area contributed by atoms with E-state index >= 15 is 0 Å². The first-order chi connectivity index (χ1) is 16.7. The first-order valence-electron chi connectivity index (χ1n) is 12.1. The summed E-state index contributed by atoms with van der Waals surface area (Å²) in [6, 6.07) is 10.4. The molecular formula is C27H34F2N2O4. The predicted octanol–water partition coefficient (Wildman–Crippen LogP) is 3.84. The van der Waals surface area contributed by atoms with Crippen molar-refractivity contribution in [3.8, 4) is 0 Å². The molecule has 0 aromatic heterocycles. The molecule has 1 saturated carbocycles. The van der Waals surface area contributed by atoms with Gasteiger partial charge in [0.2, 0.25) is 5.91 Å². The maximum Gasteiger partial charge on any atom is 0.303 e. The van der Waals surface area contributed by atoms with Crippen LogP contribution in [0.5, 0.6) is 0 Å². The Balaban J connectivity index is 1.77. The molecule has 0 bridgehead atoms. The second-order valence-electron chi connectivity index (χ2n) is 9.47. The molecule has 35 heavy (non-hydrogen) atoms. The van der Waals surface area contributed by atoms with Crippen molar-refractivity contribution in [1.29, 1.82) is 0 Å². The fourth-order valence-corrected chi connectivity index (χ4v) is 4.97. The summed E-state index contributed by atoms with van der Waals surface area (Å²) in [4.78, 5) is 22.8. The van der Waals surface area contributed by atoms with E-state index in [4.69, 9.17) is 5.11 Å². The van der Waals surface area contributed by atoms with E-state index in [9.17, 15) is 23.5 Å². The van der Waals surface area contributed by atoms with E-state index in [1.807, 2.05) is 24.3 Å². The highest BCUT2D eigenvalue weighted by atomic mass is 19.1. The van der Waals surface area contributed by atoms with Crippen molar-refractivity contribution in [2.75, 3.05) is 6.54 Å². The molecule has 2 atom stereocenters. The number of carbonyl (C=O) groups excluding carboxylic acids is 1. The molecule has 2 unspecified atom stereocenters. The molecule has 0 radical (unpaired) electrons. The van der Waals surface area contributed by atoms with Gasteiger partial charge in [-0.1, -0.05) is 43.5 Å². The van der Waals surface area contributed by atoms with Gasteiger partial charge < -0.3 is 20.8 Å². The van der Waals surface area contributed by atoms with Gasteiger partial charge in [-0.25, -0.2) is 8.78 Å². The summed E-state index contributed by atoms with van der Waals surface area (Å²) >= 11 is 0. The maximum atomic E-state index is 13.7. The van der Waals surface area contributed by atoms with Crippen molar-refractivity contribution in [2.24, 2.45) is 0 Å². The van der Waals surface area contributed by atoms with E-state index in [1.54, 1.807) is 0 Å². The standard InChI is InChI=1S/C27H34F2N2O4/c1-18(32)31-24(15-20-13-22(28)16-23(29)14-20)25(33)17-30-27(10-3-2-4-11-27)21-7-5-6-19(12-21)8-9-26(34)35/h5-7,12-14,16,24-25,30,33H,2-4,8-11,15,17H2,1H3,(H,31,32)(H,34,35). The fraction of sp³-hybridized carbons (Fsp3) is 0.481. The van der Waals surface area contributed by atoms with Crippen LogP contribution in [0.25, 0.3) is 0 Å². The molecule has 3 rings (SSSR count). The van der Waals surface area contributed by atoms with Crippen molar-refractivity contribution >= 4 is 11.9 Å². The van der Waals surface area contributed by atoms with Crippen LogP contribution in [-0.4, -0.2) is 40.8 Å². The highest BCUT2D eigenvalue weighted by molar-refractivity contribution is 5.73. The van der Waals surface area contributed by atoms with Crippen LogP contribution in [0.1, 0.15) is 62.1 Å². The lowest BCUT2D eigenvalue weighted by Crippen LogP contribution is -2.53. The summed E-state index contributed by atoms with van der Waals surface area (Å²) in [5.74, 6) is -2.60. The number of carboxylic acid groups (broad SMARTS) is 1. The number of hydrogen-bond acceptors (Lipinski definition) is 4. The van der Waals surface area contributed by atoms with E-state index in [2.05, 4.69) is 10.6 Å². The summed E-state index contributed by atoms with van der Waals surface area (Å²) in [6.45, 7) is 1.51. The molecule has 1 aliphatic carbocycles. The second kappa shape index (κ2) is 12.2. The van der Waals surface area contributed by atoms with Gasteiger partial charge in [0.25, 0.3) is 0 Å². The zero-order valence-electron chi connectivity index (χ0n) is 20.0. The number of aliphatic hydroxyl groups is 1. The molecule has 2 aromatic carbocycles. The van der Waals surface area contributed by atoms with Crippen LogP contribution in [0.3, 0.4) is 0 Å². The molecule has 1 amide bonds. The SMILES string of the molecule is CC(=O)NC(Cc1cc(F)cc(F)c1)C(O)CNC1(c2cccc(CCC(=O)O)c2)CCCCC1. The first-order valence-corrected chi connectivity index (χ1v) is 12.1. The molecular weight excluding hydrogens is 454 g/mol. The largest absolute Gasteiger partial charge is 0.481 e. The van der Waals surface area contributed by atoms with Crippen molar-refractivity contribution in [2.45, 2.75) is 76.0 Å². The number of aliphatic carboxylic acids is 1. The normalized spacial score (nSPS) is 16.9. The van der Waals surface area contributed by atoms with Crippen LogP contribution in [0.15, 0.2) is 42.5 Å². The molecule has 2 aromatic rings. The van der Waals surface area contributed by atoms with E-state index in [0.717, 1.165) is 49.3 Å². The Bertz CT molecular complexity index is 1000. The third kappa shape index (κ3) is 7.83.